The SMILES string of the molecule is CCCc1oc(C)cc1C(=O)OCC. The third kappa shape index (κ3) is 2.37. The number of carbonyl (C=O) groups excluding carboxylic acids is 1. The van der Waals surface area contributed by atoms with Gasteiger partial charge in [-0.05, 0) is 26.3 Å². The molecule has 0 aliphatic rings. The Balaban J connectivity index is 2.88. The largest absolute Gasteiger partial charge is 0.465 e. The van der Waals surface area contributed by atoms with E-state index >= 15 is 0 Å². The molecule has 14 heavy (non-hydrogen) atoms. The molecule has 0 N–H and O–H groups in total. The van der Waals surface area contributed by atoms with Gasteiger partial charge in [-0.3, -0.25) is 0 Å². The van der Waals surface area contributed by atoms with Gasteiger partial charge in [-0.15, -0.1) is 0 Å². The highest BCUT2D eigenvalue weighted by atomic mass is 16.5. The Hall–Kier alpha value is -1.25. The van der Waals surface area contributed by atoms with Crippen LogP contribution in [0, 0.1) is 6.92 Å². The van der Waals surface area contributed by atoms with Gasteiger partial charge in [-0.1, -0.05) is 6.92 Å². The molecule has 1 aromatic rings. The third-order valence-electron chi connectivity index (χ3n) is 1.90. The average molecular weight is 196 g/mol. The predicted molar refractivity (Wildman–Crippen MR) is 53.4 cm³/mol. The molecule has 1 rings (SSSR count). The lowest BCUT2D eigenvalue weighted by Crippen LogP contribution is -2.05. The van der Waals surface area contributed by atoms with Crippen LogP contribution in [0.4, 0.5) is 0 Å². The van der Waals surface area contributed by atoms with E-state index in [-0.39, 0.29) is 5.97 Å². The van der Waals surface area contributed by atoms with Gasteiger partial charge in [-0.25, -0.2) is 4.79 Å². The zero-order valence-corrected chi connectivity index (χ0v) is 8.92. The van der Waals surface area contributed by atoms with E-state index in [1.54, 1.807) is 13.0 Å². The highest BCUT2D eigenvalue weighted by Gasteiger charge is 2.16. The van der Waals surface area contributed by atoms with Gasteiger partial charge in [0.2, 0.25) is 0 Å². The monoisotopic (exact) mass is 196 g/mol. The van der Waals surface area contributed by atoms with Gasteiger partial charge in [0, 0.05) is 6.42 Å². The second kappa shape index (κ2) is 4.84. The van der Waals surface area contributed by atoms with Gasteiger partial charge in [0.15, 0.2) is 0 Å². The van der Waals surface area contributed by atoms with Crippen LogP contribution in [0.3, 0.4) is 0 Å². The molecule has 0 fully saturated rings. The second-order valence-corrected chi connectivity index (χ2v) is 3.16. The average Bonchev–Trinajstić information content (AvgIpc) is 2.48. The molecule has 0 aliphatic carbocycles. The van der Waals surface area contributed by atoms with Crippen molar-refractivity contribution in [1.29, 1.82) is 0 Å². The molecule has 0 saturated heterocycles. The Bertz CT molecular complexity index is 312. The van der Waals surface area contributed by atoms with Crippen molar-refractivity contribution in [2.24, 2.45) is 0 Å². The van der Waals surface area contributed by atoms with E-state index in [2.05, 4.69) is 0 Å². The van der Waals surface area contributed by atoms with Crippen LogP contribution >= 0.6 is 0 Å². The maximum Gasteiger partial charge on any atom is 0.341 e. The van der Waals surface area contributed by atoms with Gasteiger partial charge in [0.1, 0.15) is 17.1 Å². The van der Waals surface area contributed by atoms with E-state index in [1.807, 2.05) is 13.8 Å². The number of carbonyl (C=O) groups is 1. The van der Waals surface area contributed by atoms with Crippen molar-refractivity contribution in [3.05, 3.63) is 23.2 Å². The van der Waals surface area contributed by atoms with Crippen LogP contribution in [-0.4, -0.2) is 12.6 Å². The molecule has 0 aliphatic heterocycles. The van der Waals surface area contributed by atoms with Crippen LogP contribution in [-0.2, 0) is 11.2 Å². The van der Waals surface area contributed by atoms with E-state index in [0.717, 1.165) is 24.4 Å². The molecule has 0 radical (unpaired) electrons. The molecule has 0 atom stereocenters. The molecule has 0 bridgehead atoms. The molecule has 0 spiro atoms. The van der Waals surface area contributed by atoms with Crippen LogP contribution in [0.5, 0.6) is 0 Å². The van der Waals surface area contributed by atoms with Gasteiger partial charge in [0.25, 0.3) is 0 Å². The maximum absolute atomic E-state index is 11.5. The third-order valence-corrected chi connectivity index (χ3v) is 1.90. The van der Waals surface area contributed by atoms with Gasteiger partial charge in [-0.2, -0.15) is 0 Å². The van der Waals surface area contributed by atoms with Gasteiger partial charge < -0.3 is 9.15 Å². The standard InChI is InChI=1S/C11H16O3/c1-4-6-10-9(7-8(3)14-10)11(12)13-5-2/h7H,4-6H2,1-3H3. The van der Waals surface area contributed by atoms with Crippen molar-refractivity contribution in [3.63, 3.8) is 0 Å². The summed E-state index contributed by atoms with van der Waals surface area (Å²) in [5, 5.41) is 0. The molecule has 1 aromatic heterocycles. The molecule has 78 valence electrons. The second-order valence-electron chi connectivity index (χ2n) is 3.16. The smallest absolute Gasteiger partial charge is 0.341 e. The van der Waals surface area contributed by atoms with Gasteiger partial charge in [0.05, 0.1) is 6.61 Å². The van der Waals surface area contributed by atoms with E-state index < -0.39 is 0 Å². The fourth-order valence-electron chi connectivity index (χ4n) is 1.36. The Labute approximate surface area is 84.1 Å². The number of ether oxygens (including phenoxy) is 1. The topological polar surface area (TPSA) is 39.4 Å². The Morgan fingerprint density at radius 1 is 1.50 bits per heavy atom. The number of furan rings is 1. The van der Waals surface area contributed by atoms with Crippen molar-refractivity contribution >= 4 is 5.97 Å². The minimum Gasteiger partial charge on any atom is -0.465 e. The van der Waals surface area contributed by atoms with E-state index in [4.69, 9.17) is 9.15 Å². The highest BCUT2D eigenvalue weighted by Crippen LogP contribution is 2.17. The number of hydrogen-bond acceptors (Lipinski definition) is 3. The first-order valence-corrected chi connectivity index (χ1v) is 4.95. The van der Waals surface area contributed by atoms with Crippen molar-refractivity contribution < 1.29 is 13.9 Å². The minimum atomic E-state index is -0.284. The van der Waals surface area contributed by atoms with Crippen molar-refractivity contribution in [3.8, 4) is 0 Å². The molecule has 3 nitrogen and oxygen atoms in total. The summed E-state index contributed by atoms with van der Waals surface area (Å²) in [6.45, 7) is 6.08. The first-order chi connectivity index (χ1) is 6.69. The van der Waals surface area contributed by atoms with Crippen LogP contribution < -0.4 is 0 Å². The molecule has 0 amide bonds. The summed E-state index contributed by atoms with van der Waals surface area (Å²) in [7, 11) is 0. The Morgan fingerprint density at radius 2 is 2.21 bits per heavy atom. The maximum atomic E-state index is 11.5. The van der Waals surface area contributed by atoms with E-state index in [9.17, 15) is 4.79 Å². The van der Waals surface area contributed by atoms with Crippen molar-refractivity contribution in [2.75, 3.05) is 6.61 Å². The molecule has 0 saturated carbocycles. The number of hydrogen-bond donors (Lipinski definition) is 0. The summed E-state index contributed by atoms with van der Waals surface area (Å²) in [4.78, 5) is 11.5. The first kappa shape index (κ1) is 10.8. The highest BCUT2D eigenvalue weighted by molar-refractivity contribution is 5.90. The minimum absolute atomic E-state index is 0.284. The molecule has 1 heterocycles. The molecule has 0 aromatic carbocycles. The molecule has 0 unspecified atom stereocenters. The van der Waals surface area contributed by atoms with E-state index in [0.29, 0.717) is 12.2 Å². The van der Waals surface area contributed by atoms with Crippen molar-refractivity contribution in [1.82, 2.24) is 0 Å². The Kier molecular flexibility index (Phi) is 3.74. The van der Waals surface area contributed by atoms with Crippen LogP contribution in [0.15, 0.2) is 10.5 Å². The lowest BCUT2D eigenvalue weighted by atomic mass is 10.2. The molecular formula is C11H16O3. The van der Waals surface area contributed by atoms with Crippen LogP contribution in [0.1, 0.15) is 42.1 Å². The zero-order chi connectivity index (χ0) is 10.6. The number of esters is 1. The summed E-state index contributed by atoms with van der Waals surface area (Å²) in [5.41, 5.74) is 0.575. The summed E-state index contributed by atoms with van der Waals surface area (Å²) < 4.78 is 10.4. The summed E-state index contributed by atoms with van der Waals surface area (Å²) in [5.74, 6) is 1.22. The molecular weight excluding hydrogens is 180 g/mol. The van der Waals surface area contributed by atoms with Crippen LogP contribution in [0.2, 0.25) is 0 Å². The van der Waals surface area contributed by atoms with Gasteiger partial charge >= 0.3 is 5.97 Å². The first-order valence-electron chi connectivity index (χ1n) is 4.95. The predicted octanol–water partition coefficient (Wildman–Crippen LogP) is 2.72. The Morgan fingerprint density at radius 3 is 2.79 bits per heavy atom. The fraction of sp³-hybridized carbons (Fsp3) is 0.545. The fourth-order valence-corrected chi connectivity index (χ4v) is 1.36. The lowest BCUT2D eigenvalue weighted by Gasteiger charge is -2.00. The summed E-state index contributed by atoms with van der Waals surface area (Å²) in [6, 6.07) is 1.74. The summed E-state index contributed by atoms with van der Waals surface area (Å²) in [6.07, 6.45) is 1.74. The van der Waals surface area contributed by atoms with E-state index in [1.165, 1.54) is 0 Å². The lowest BCUT2D eigenvalue weighted by molar-refractivity contribution is 0.0524. The normalized spacial score (nSPS) is 10.2. The number of aryl methyl sites for hydroxylation is 2. The van der Waals surface area contributed by atoms with Crippen LogP contribution in [0.25, 0.3) is 0 Å². The zero-order valence-electron chi connectivity index (χ0n) is 8.92. The van der Waals surface area contributed by atoms with Crippen molar-refractivity contribution in [2.45, 2.75) is 33.6 Å². The molecule has 3 heteroatoms. The summed E-state index contributed by atoms with van der Waals surface area (Å²) >= 11 is 0. The quantitative estimate of drug-likeness (QED) is 0.695. The number of rotatable bonds is 4.